The third-order valence-corrected chi connectivity index (χ3v) is 4.83. The Morgan fingerprint density at radius 1 is 1.14 bits per heavy atom. The van der Waals surface area contributed by atoms with Gasteiger partial charge < -0.3 is 15.8 Å². The zero-order valence-electron chi connectivity index (χ0n) is 18.3. The molecule has 0 radical (unpaired) electrons. The molecule has 36 heavy (non-hydrogen) atoms. The summed E-state index contributed by atoms with van der Waals surface area (Å²) in [6, 6.07) is 3.60. The number of hydrogen-bond acceptors (Lipinski definition) is 5. The van der Waals surface area contributed by atoms with Gasteiger partial charge in [-0.25, -0.2) is 31.1 Å². The van der Waals surface area contributed by atoms with Crippen LogP contribution in [0.15, 0.2) is 35.1 Å². The predicted octanol–water partition coefficient (Wildman–Crippen LogP) is 2.80. The highest BCUT2D eigenvalue weighted by Crippen LogP contribution is 2.29. The number of amides is 2. The van der Waals surface area contributed by atoms with Gasteiger partial charge in [0.05, 0.1) is 5.56 Å². The number of alkyl halides is 3. The van der Waals surface area contributed by atoms with Gasteiger partial charge in [0.15, 0.2) is 6.10 Å². The second-order valence-electron chi connectivity index (χ2n) is 7.12. The maximum absolute atomic E-state index is 15.0. The minimum atomic E-state index is -3.40. The molecule has 2 amide bonds. The Labute approximate surface area is 198 Å². The number of primary amides is 1. The van der Waals surface area contributed by atoms with Crippen LogP contribution in [-0.2, 0) is 6.54 Å². The fraction of sp³-hybridized carbons (Fsp3) is 0.238. The quantitative estimate of drug-likeness (QED) is 0.423. The van der Waals surface area contributed by atoms with Crippen molar-refractivity contribution in [2.24, 2.45) is 5.73 Å². The van der Waals surface area contributed by atoms with Gasteiger partial charge in [-0.1, -0.05) is 6.07 Å². The molecule has 3 rings (SSSR count). The van der Waals surface area contributed by atoms with Crippen molar-refractivity contribution < 1.29 is 40.7 Å². The Morgan fingerprint density at radius 2 is 1.78 bits per heavy atom. The average Bonchev–Trinajstić information content (AvgIpc) is 3.16. The zero-order chi connectivity index (χ0) is 26.7. The van der Waals surface area contributed by atoms with E-state index in [0.717, 1.165) is 22.8 Å². The summed E-state index contributed by atoms with van der Waals surface area (Å²) in [5, 5.41) is 5.45. The third-order valence-electron chi connectivity index (χ3n) is 4.83. The monoisotopic (exact) mass is 517 g/mol. The van der Waals surface area contributed by atoms with E-state index < -0.39 is 82.7 Å². The molecule has 0 aliphatic carbocycles. The molecule has 192 valence electrons. The van der Waals surface area contributed by atoms with Crippen molar-refractivity contribution in [2.75, 3.05) is 12.0 Å². The lowest BCUT2D eigenvalue weighted by Gasteiger charge is -2.19. The standard InChI is InChI=1S/C21H17F6N5O4/c1-2-31-19(18(28)33)30-32(21(31)35)13-7-14(36-15(8-22)17(26)27)9(6-12(13)25)20(34)29-16-10(23)4-3-5-11(16)24/h3-7,15,17H,2,8H2,1H3,(H2,28,33)(H,29,34)/t15-/m0/s1. The molecule has 3 aromatic rings. The van der Waals surface area contributed by atoms with E-state index in [0.29, 0.717) is 16.8 Å². The van der Waals surface area contributed by atoms with E-state index in [2.05, 4.69) is 5.10 Å². The summed E-state index contributed by atoms with van der Waals surface area (Å²) in [6.07, 6.45) is -5.82. The number of ether oxygens (including phenoxy) is 1. The van der Waals surface area contributed by atoms with Crippen molar-refractivity contribution >= 4 is 17.5 Å². The molecule has 0 unspecified atom stereocenters. The molecular formula is C21H17F6N5O4. The maximum atomic E-state index is 15.0. The van der Waals surface area contributed by atoms with Crippen molar-refractivity contribution in [2.45, 2.75) is 26.0 Å². The topological polar surface area (TPSA) is 121 Å². The summed E-state index contributed by atoms with van der Waals surface area (Å²) in [7, 11) is 0. The first-order valence-electron chi connectivity index (χ1n) is 10.1. The van der Waals surface area contributed by atoms with Gasteiger partial charge in [0, 0.05) is 12.6 Å². The van der Waals surface area contributed by atoms with E-state index >= 15 is 4.39 Å². The van der Waals surface area contributed by atoms with Crippen molar-refractivity contribution in [1.29, 1.82) is 0 Å². The predicted molar refractivity (Wildman–Crippen MR) is 113 cm³/mol. The van der Waals surface area contributed by atoms with Gasteiger partial charge in [0.1, 0.15) is 41.3 Å². The summed E-state index contributed by atoms with van der Waals surface area (Å²) in [6.45, 7) is -0.385. The molecule has 1 atom stereocenters. The van der Waals surface area contributed by atoms with Crippen LogP contribution < -0.4 is 21.5 Å². The number of rotatable bonds is 9. The molecule has 2 aromatic carbocycles. The normalized spacial score (nSPS) is 12.0. The van der Waals surface area contributed by atoms with Crippen LogP contribution in [0.5, 0.6) is 5.75 Å². The van der Waals surface area contributed by atoms with Gasteiger partial charge in [-0.2, -0.15) is 4.68 Å². The Balaban J connectivity index is 2.18. The molecule has 0 fully saturated rings. The SMILES string of the molecule is CCn1c(C(N)=O)nn(-c2cc(O[C@@H](CF)C(F)F)c(C(=O)Nc3c(F)cccc3F)cc2F)c1=O. The summed E-state index contributed by atoms with van der Waals surface area (Å²) in [5.41, 5.74) is 1.54. The number of nitrogens with zero attached hydrogens (tertiary/aromatic N) is 3. The second-order valence-corrected chi connectivity index (χ2v) is 7.12. The highest BCUT2D eigenvalue weighted by atomic mass is 19.3. The Kier molecular flexibility index (Phi) is 7.70. The number of carbonyl (C=O) groups excluding carboxylic acids is 2. The fourth-order valence-corrected chi connectivity index (χ4v) is 3.11. The number of aromatic nitrogens is 3. The number of halogens is 6. The number of para-hydroxylation sites is 1. The van der Waals surface area contributed by atoms with Crippen LogP contribution in [0.3, 0.4) is 0 Å². The van der Waals surface area contributed by atoms with Crippen LogP contribution in [0, 0.1) is 17.5 Å². The molecule has 3 N–H and O–H groups in total. The smallest absolute Gasteiger partial charge is 0.351 e. The lowest BCUT2D eigenvalue weighted by molar-refractivity contribution is -0.00159. The zero-order valence-corrected chi connectivity index (χ0v) is 18.3. The lowest BCUT2D eigenvalue weighted by atomic mass is 10.1. The van der Waals surface area contributed by atoms with Crippen molar-refractivity contribution in [3.8, 4) is 11.4 Å². The minimum absolute atomic E-state index is 0.105. The van der Waals surface area contributed by atoms with E-state index in [1.807, 2.05) is 5.32 Å². The van der Waals surface area contributed by atoms with E-state index in [1.54, 1.807) is 0 Å². The van der Waals surface area contributed by atoms with Crippen molar-refractivity contribution in [3.63, 3.8) is 0 Å². The molecule has 1 heterocycles. The first-order chi connectivity index (χ1) is 17.0. The summed E-state index contributed by atoms with van der Waals surface area (Å²) >= 11 is 0. The Bertz CT molecular complexity index is 1350. The molecule has 0 aliphatic heterocycles. The summed E-state index contributed by atoms with van der Waals surface area (Å²) in [5.74, 6) is -7.73. The summed E-state index contributed by atoms with van der Waals surface area (Å²) in [4.78, 5) is 36.9. The summed E-state index contributed by atoms with van der Waals surface area (Å²) < 4.78 is 88.4. The van der Waals surface area contributed by atoms with Crippen molar-refractivity contribution in [3.05, 3.63) is 69.7 Å². The van der Waals surface area contributed by atoms with Gasteiger partial charge in [-0.3, -0.25) is 14.2 Å². The van der Waals surface area contributed by atoms with Gasteiger partial charge in [0.2, 0.25) is 5.82 Å². The lowest BCUT2D eigenvalue weighted by Crippen LogP contribution is -2.29. The van der Waals surface area contributed by atoms with E-state index in [4.69, 9.17) is 10.5 Å². The fourth-order valence-electron chi connectivity index (χ4n) is 3.11. The molecule has 0 saturated carbocycles. The van der Waals surface area contributed by atoms with Gasteiger partial charge in [-0.05, 0) is 25.1 Å². The second kappa shape index (κ2) is 10.5. The van der Waals surface area contributed by atoms with Crippen LogP contribution in [-0.4, -0.2) is 45.4 Å². The maximum Gasteiger partial charge on any atom is 0.351 e. The number of benzene rings is 2. The molecule has 9 nitrogen and oxygen atoms in total. The number of carbonyl (C=O) groups is 2. The molecular weight excluding hydrogens is 500 g/mol. The third kappa shape index (κ3) is 5.04. The van der Waals surface area contributed by atoms with Gasteiger partial charge in [0.25, 0.3) is 18.2 Å². The first-order valence-corrected chi connectivity index (χ1v) is 10.1. The Morgan fingerprint density at radius 3 is 2.28 bits per heavy atom. The van der Waals surface area contributed by atoms with Crippen LogP contribution in [0.4, 0.5) is 32.0 Å². The highest BCUT2D eigenvalue weighted by Gasteiger charge is 2.28. The molecule has 0 spiro atoms. The van der Waals surface area contributed by atoms with Crippen LogP contribution in [0.2, 0.25) is 0 Å². The molecule has 1 aromatic heterocycles. The molecule has 0 bridgehead atoms. The van der Waals surface area contributed by atoms with Gasteiger partial charge in [-0.15, -0.1) is 5.10 Å². The van der Waals surface area contributed by atoms with Crippen LogP contribution in [0.1, 0.15) is 27.9 Å². The average molecular weight is 517 g/mol. The molecule has 0 aliphatic rings. The molecule has 0 saturated heterocycles. The number of nitrogens with two attached hydrogens (primary N) is 1. The number of anilines is 1. The first kappa shape index (κ1) is 26.3. The van der Waals surface area contributed by atoms with E-state index in [-0.39, 0.29) is 6.54 Å². The van der Waals surface area contributed by atoms with Crippen LogP contribution >= 0.6 is 0 Å². The number of nitrogens with one attached hydrogen (secondary N) is 1. The highest BCUT2D eigenvalue weighted by molar-refractivity contribution is 6.06. The van der Waals surface area contributed by atoms with Gasteiger partial charge >= 0.3 is 5.69 Å². The minimum Gasteiger partial charge on any atom is -0.481 e. The van der Waals surface area contributed by atoms with Crippen molar-refractivity contribution in [1.82, 2.24) is 14.3 Å². The largest absolute Gasteiger partial charge is 0.481 e. The van der Waals surface area contributed by atoms with Crippen LogP contribution in [0.25, 0.3) is 5.69 Å². The van der Waals surface area contributed by atoms with E-state index in [1.165, 1.54) is 6.92 Å². The number of hydrogen-bond donors (Lipinski definition) is 2. The molecule has 15 heteroatoms. The Hall–Kier alpha value is -4.30. The van der Waals surface area contributed by atoms with E-state index in [9.17, 15) is 36.3 Å².